The lowest BCUT2D eigenvalue weighted by Crippen LogP contribution is -2.52. The summed E-state index contributed by atoms with van der Waals surface area (Å²) >= 11 is 3.33. The van der Waals surface area contributed by atoms with Crippen LogP contribution in [0, 0.1) is 6.92 Å². The predicted molar refractivity (Wildman–Crippen MR) is 116 cm³/mol. The summed E-state index contributed by atoms with van der Waals surface area (Å²) in [5.41, 5.74) is -2.80. The SMILES string of the molecule is Cc1cn(CC(O)(CC(C)(C)c2ccc(Br)cc2)C(F)(F)F)c2ccccc2c1=O. The van der Waals surface area contributed by atoms with Gasteiger partial charge in [0, 0.05) is 21.6 Å². The van der Waals surface area contributed by atoms with Gasteiger partial charge in [0.25, 0.3) is 0 Å². The highest BCUT2D eigenvalue weighted by molar-refractivity contribution is 9.10. The number of rotatable bonds is 5. The molecule has 0 fully saturated rings. The Bertz CT molecular complexity index is 1120. The van der Waals surface area contributed by atoms with Crippen LogP contribution in [0.3, 0.4) is 0 Å². The second-order valence-corrected chi connectivity index (χ2v) is 9.30. The molecule has 1 heterocycles. The van der Waals surface area contributed by atoms with E-state index >= 15 is 0 Å². The summed E-state index contributed by atoms with van der Waals surface area (Å²) in [4.78, 5) is 12.4. The van der Waals surface area contributed by atoms with Gasteiger partial charge in [-0.2, -0.15) is 13.2 Å². The normalized spacial score (nSPS) is 14.7. The highest BCUT2D eigenvalue weighted by Crippen LogP contribution is 2.42. The fraction of sp³-hybridized carbons (Fsp3) is 0.348. The van der Waals surface area contributed by atoms with Crippen LogP contribution in [0.5, 0.6) is 0 Å². The van der Waals surface area contributed by atoms with E-state index in [0.29, 0.717) is 22.0 Å². The summed E-state index contributed by atoms with van der Waals surface area (Å²) in [5, 5.41) is 11.3. The molecule has 0 radical (unpaired) electrons. The van der Waals surface area contributed by atoms with Gasteiger partial charge < -0.3 is 9.67 Å². The Kier molecular flexibility index (Phi) is 5.91. The predicted octanol–water partition coefficient (Wildman–Crippen LogP) is 5.73. The zero-order chi connectivity index (χ0) is 22.3. The first-order chi connectivity index (χ1) is 13.8. The number of fused-ring (bicyclic) bond motifs is 1. The molecule has 0 aliphatic rings. The molecule has 3 rings (SSSR count). The number of nitrogens with zero attached hydrogens (tertiary/aromatic N) is 1. The number of halogens is 4. The molecule has 0 saturated heterocycles. The molecule has 0 amide bonds. The first kappa shape index (κ1) is 22.6. The Morgan fingerprint density at radius 3 is 2.23 bits per heavy atom. The Morgan fingerprint density at radius 2 is 1.63 bits per heavy atom. The number of aromatic nitrogens is 1. The summed E-state index contributed by atoms with van der Waals surface area (Å²) in [6.07, 6.45) is -4.02. The van der Waals surface area contributed by atoms with E-state index in [0.717, 1.165) is 4.47 Å². The van der Waals surface area contributed by atoms with E-state index in [4.69, 9.17) is 0 Å². The van der Waals surface area contributed by atoms with E-state index < -0.39 is 30.2 Å². The maximum atomic E-state index is 14.1. The number of pyridine rings is 1. The number of alkyl halides is 3. The van der Waals surface area contributed by atoms with Gasteiger partial charge in [-0.15, -0.1) is 0 Å². The third-order valence-corrected chi connectivity index (χ3v) is 6.01. The van der Waals surface area contributed by atoms with Gasteiger partial charge >= 0.3 is 6.18 Å². The molecule has 30 heavy (non-hydrogen) atoms. The van der Waals surface area contributed by atoms with E-state index in [2.05, 4.69) is 15.9 Å². The monoisotopic (exact) mass is 481 g/mol. The third-order valence-electron chi connectivity index (χ3n) is 5.49. The number of aliphatic hydroxyl groups is 1. The lowest BCUT2D eigenvalue weighted by molar-refractivity contribution is -0.271. The van der Waals surface area contributed by atoms with Crippen molar-refractivity contribution in [1.29, 1.82) is 0 Å². The molecular formula is C23H23BrF3NO2. The maximum Gasteiger partial charge on any atom is 0.418 e. The zero-order valence-corrected chi connectivity index (χ0v) is 18.5. The maximum absolute atomic E-state index is 14.1. The van der Waals surface area contributed by atoms with Crippen LogP contribution in [0.2, 0.25) is 0 Å². The minimum absolute atomic E-state index is 0.229. The van der Waals surface area contributed by atoms with Crippen molar-refractivity contribution in [1.82, 2.24) is 4.57 Å². The summed E-state index contributed by atoms with van der Waals surface area (Å²) in [5.74, 6) is 0. The van der Waals surface area contributed by atoms with Crippen molar-refractivity contribution in [3.63, 3.8) is 0 Å². The molecule has 7 heteroatoms. The van der Waals surface area contributed by atoms with Crippen LogP contribution in [0.1, 0.15) is 31.4 Å². The van der Waals surface area contributed by atoms with E-state index in [-0.39, 0.29) is 5.43 Å². The van der Waals surface area contributed by atoms with Crippen molar-refractivity contribution < 1.29 is 18.3 Å². The van der Waals surface area contributed by atoms with Crippen molar-refractivity contribution in [2.75, 3.05) is 0 Å². The van der Waals surface area contributed by atoms with Crippen molar-refractivity contribution >= 4 is 26.8 Å². The van der Waals surface area contributed by atoms with Gasteiger partial charge in [-0.25, -0.2) is 0 Å². The van der Waals surface area contributed by atoms with Crippen LogP contribution in [0.4, 0.5) is 13.2 Å². The van der Waals surface area contributed by atoms with Crippen LogP contribution in [0.25, 0.3) is 10.9 Å². The standard InChI is InChI=1S/C23H23BrF3NO2/c1-15-12-28(19-7-5-4-6-18(19)20(15)29)14-22(30,23(25,26)27)13-21(2,3)16-8-10-17(24)11-9-16/h4-12,30H,13-14H2,1-3H3. The summed E-state index contributed by atoms with van der Waals surface area (Å²) < 4.78 is 44.6. The van der Waals surface area contributed by atoms with E-state index in [1.165, 1.54) is 10.8 Å². The van der Waals surface area contributed by atoms with Gasteiger partial charge in [-0.3, -0.25) is 4.79 Å². The number of benzene rings is 2. The lowest BCUT2D eigenvalue weighted by Gasteiger charge is -2.38. The smallest absolute Gasteiger partial charge is 0.379 e. The molecule has 160 valence electrons. The zero-order valence-electron chi connectivity index (χ0n) is 16.9. The van der Waals surface area contributed by atoms with Crippen molar-refractivity contribution in [3.8, 4) is 0 Å². The number of hydrogen-bond acceptors (Lipinski definition) is 2. The largest absolute Gasteiger partial charge is 0.418 e. The Morgan fingerprint density at radius 1 is 1.03 bits per heavy atom. The molecule has 1 unspecified atom stereocenters. The van der Waals surface area contributed by atoms with Crippen LogP contribution < -0.4 is 5.43 Å². The van der Waals surface area contributed by atoms with Gasteiger partial charge in [-0.05, 0) is 48.6 Å². The average Bonchev–Trinajstić information content (AvgIpc) is 2.65. The fourth-order valence-electron chi connectivity index (χ4n) is 3.88. The Labute approximate surface area is 181 Å². The molecule has 3 nitrogen and oxygen atoms in total. The highest BCUT2D eigenvalue weighted by Gasteiger charge is 2.56. The van der Waals surface area contributed by atoms with Gasteiger partial charge in [0.2, 0.25) is 0 Å². The minimum Gasteiger partial charge on any atom is -0.379 e. The van der Waals surface area contributed by atoms with Crippen molar-refractivity contribution in [2.45, 2.75) is 50.9 Å². The Balaban J connectivity index is 2.07. The summed E-state index contributed by atoms with van der Waals surface area (Å²) in [7, 11) is 0. The highest BCUT2D eigenvalue weighted by atomic mass is 79.9. The molecule has 3 aromatic rings. The second kappa shape index (κ2) is 7.85. The molecule has 0 saturated carbocycles. The number of aryl methyl sites for hydroxylation is 1. The van der Waals surface area contributed by atoms with Crippen LogP contribution in [-0.2, 0) is 12.0 Å². The average molecular weight is 482 g/mol. The molecule has 0 aliphatic carbocycles. The molecule has 0 bridgehead atoms. The van der Waals surface area contributed by atoms with Gasteiger partial charge in [-0.1, -0.05) is 54.0 Å². The topological polar surface area (TPSA) is 42.2 Å². The van der Waals surface area contributed by atoms with Gasteiger partial charge in [0.15, 0.2) is 11.0 Å². The molecule has 0 spiro atoms. The van der Waals surface area contributed by atoms with Gasteiger partial charge in [0.05, 0.1) is 12.1 Å². The quantitative estimate of drug-likeness (QED) is 0.505. The van der Waals surface area contributed by atoms with Gasteiger partial charge in [0.1, 0.15) is 0 Å². The molecule has 2 aromatic carbocycles. The summed E-state index contributed by atoms with van der Waals surface area (Å²) in [6.45, 7) is 4.21. The second-order valence-electron chi connectivity index (χ2n) is 8.38. The minimum atomic E-state index is -4.86. The van der Waals surface area contributed by atoms with Crippen molar-refractivity contribution in [2.24, 2.45) is 0 Å². The van der Waals surface area contributed by atoms with Crippen LogP contribution in [-0.4, -0.2) is 21.5 Å². The lowest BCUT2D eigenvalue weighted by atomic mass is 9.74. The van der Waals surface area contributed by atoms with E-state index in [9.17, 15) is 23.1 Å². The molecule has 1 aromatic heterocycles. The summed E-state index contributed by atoms with van der Waals surface area (Å²) in [6, 6.07) is 13.5. The Hall–Kier alpha value is -2.12. The van der Waals surface area contributed by atoms with Crippen molar-refractivity contribution in [3.05, 3.63) is 80.6 Å². The molecular weight excluding hydrogens is 459 g/mol. The van der Waals surface area contributed by atoms with E-state index in [1.54, 1.807) is 69.3 Å². The third kappa shape index (κ3) is 4.32. The fourth-order valence-corrected chi connectivity index (χ4v) is 4.15. The molecule has 1 atom stereocenters. The molecule has 0 aliphatic heterocycles. The molecule has 1 N–H and O–H groups in total. The van der Waals surface area contributed by atoms with E-state index in [1.807, 2.05) is 0 Å². The number of hydrogen-bond donors (Lipinski definition) is 1. The van der Waals surface area contributed by atoms with Crippen LogP contribution in [0.15, 0.2) is 64.0 Å². The first-order valence-corrected chi connectivity index (χ1v) is 10.3. The number of para-hydroxylation sites is 1. The van der Waals surface area contributed by atoms with Crippen LogP contribution >= 0.6 is 15.9 Å². The first-order valence-electron chi connectivity index (χ1n) is 9.48.